The fourth-order valence-electron chi connectivity index (χ4n) is 3.74. The Balaban J connectivity index is 1.99. The van der Waals surface area contributed by atoms with E-state index in [9.17, 15) is 18.3 Å². The third kappa shape index (κ3) is 2.81. The number of aromatic nitrogens is 1. The first-order chi connectivity index (χ1) is 10.9. The summed E-state index contributed by atoms with van der Waals surface area (Å²) < 4.78 is 32.1. The SMILES string of the molecule is COc1ccc(S(=O)(=O)N2C(C(=O)O)CC3CCCCC32)cn1. The maximum Gasteiger partial charge on any atom is 0.322 e. The van der Waals surface area contributed by atoms with Crippen LogP contribution in [0.25, 0.3) is 0 Å². The summed E-state index contributed by atoms with van der Waals surface area (Å²) >= 11 is 0. The van der Waals surface area contributed by atoms with E-state index in [1.165, 1.54) is 29.7 Å². The summed E-state index contributed by atoms with van der Waals surface area (Å²) in [5.74, 6) is -0.633. The molecule has 3 rings (SSSR count). The molecule has 1 aromatic rings. The molecule has 1 aliphatic heterocycles. The Labute approximate surface area is 135 Å². The summed E-state index contributed by atoms with van der Waals surface area (Å²) in [5, 5.41) is 9.48. The topological polar surface area (TPSA) is 96.8 Å². The molecule has 0 spiro atoms. The lowest BCUT2D eigenvalue weighted by Crippen LogP contribution is -2.46. The molecule has 2 heterocycles. The monoisotopic (exact) mass is 340 g/mol. The number of nitrogens with zero attached hydrogens (tertiary/aromatic N) is 2. The van der Waals surface area contributed by atoms with Gasteiger partial charge >= 0.3 is 5.97 Å². The Morgan fingerprint density at radius 2 is 2.09 bits per heavy atom. The second-order valence-electron chi connectivity index (χ2n) is 6.07. The zero-order chi connectivity index (χ0) is 16.6. The molecule has 1 saturated carbocycles. The van der Waals surface area contributed by atoms with Gasteiger partial charge in [-0.15, -0.1) is 0 Å². The van der Waals surface area contributed by atoms with E-state index in [1.54, 1.807) is 0 Å². The maximum atomic E-state index is 13.0. The summed E-state index contributed by atoms with van der Waals surface area (Å²) in [6.45, 7) is 0. The van der Waals surface area contributed by atoms with E-state index in [4.69, 9.17) is 4.74 Å². The van der Waals surface area contributed by atoms with Crippen molar-refractivity contribution in [3.05, 3.63) is 18.3 Å². The van der Waals surface area contributed by atoms with Gasteiger partial charge in [0.05, 0.1) is 13.3 Å². The number of carboxylic acid groups (broad SMARTS) is 1. The van der Waals surface area contributed by atoms with Crippen LogP contribution in [-0.2, 0) is 14.8 Å². The van der Waals surface area contributed by atoms with Gasteiger partial charge in [0.25, 0.3) is 0 Å². The first-order valence-electron chi connectivity index (χ1n) is 7.71. The number of pyridine rings is 1. The van der Waals surface area contributed by atoms with Gasteiger partial charge in [-0.25, -0.2) is 13.4 Å². The molecule has 2 fully saturated rings. The zero-order valence-corrected chi connectivity index (χ0v) is 13.7. The summed E-state index contributed by atoms with van der Waals surface area (Å²) in [7, 11) is -2.45. The molecule has 23 heavy (non-hydrogen) atoms. The number of ether oxygens (including phenoxy) is 1. The van der Waals surface area contributed by atoms with E-state index < -0.39 is 22.0 Å². The highest BCUT2D eigenvalue weighted by molar-refractivity contribution is 7.89. The molecule has 8 heteroatoms. The zero-order valence-electron chi connectivity index (χ0n) is 12.9. The highest BCUT2D eigenvalue weighted by atomic mass is 32.2. The van der Waals surface area contributed by atoms with Crippen molar-refractivity contribution in [2.75, 3.05) is 7.11 Å². The summed E-state index contributed by atoms with van der Waals surface area (Å²) in [6.07, 6.45) is 5.19. The second-order valence-corrected chi connectivity index (χ2v) is 7.92. The van der Waals surface area contributed by atoms with Crippen LogP contribution in [0.3, 0.4) is 0 Å². The van der Waals surface area contributed by atoms with Gasteiger partial charge in [0.2, 0.25) is 15.9 Å². The van der Waals surface area contributed by atoms with Crippen LogP contribution in [0, 0.1) is 5.92 Å². The predicted octanol–water partition coefficient (Wildman–Crippen LogP) is 1.50. The first kappa shape index (κ1) is 16.2. The quantitative estimate of drug-likeness (QED) is 0.892. The molecule has 1 aliphatic carbocycles. The maximum absolute atomic E-state index is 13.0. The molecule has 0 radical (unpaired) electrons. The number of carboxylic acids is 1. The van der Waals surface area contributed by atoms with E-state index in [0.29, 0.717) is 12.3 Å². The van der Waals surface area contributed by atoms with Crippen LogP contribution < -0.4 is 4.74 Å². The summed E-state index contributed by atoms with van der Waals surface area (Å²) in [5.41, 5.74) is 0. The number of hydrogen-bond donors (Lipinski definition) is 1. The standard InChI is InChI=1S/C15H20N2O5S/c1-22-14-7-6-11(9-16-14)23(20,21)17-12-5-3-2-4-10(12)8-13(17)15(18)19/h6-7,9-10,12-13H,2-5,8H2,1H3,(H,18,19). The van der Waals surface area contributed by atoms with Gasteiger partial charge in [0.1, 0.15) is 10.9 Å². The minimum atomic E-state index is -3.89. The number of fused-ring (bicyclic) bond motifs is 1. The highest BCUT2D eigenvalue weighted by Gasteiger charge is 2.51. The van der Waals surface area contributed by atoms with Crippen LogP contribution in [0.4, 0.5) is 0 Å². The fraction of sp³-hybridized carbons (Fsp3) is 0.600. The van der Waals surface area contributed by atoms with Crippen molar-refractivity contribution in [2.24, 2.45) is 5.92 Å². The average Bonchev–Trinajstić information content (AvgIpc) is 2.95. The lowest BCUT2D eigenvalue weighted by Gasteiger charge is -2.32. The Morgan fingerprint density at radius 1 is 1.35 bits per heavy atom. The molecular formula is C15H20N2O5S. The van der Waals surface area contributed by atoms with Crippen molar-refractivity contribution < 1.29 is 23.1 Å². The molecule has 7 nitrogen and oxygen atoms in total. The van der Waals surface area contributed by atoms with Gasteiger partial charge in [-0.05, 0) is 31.2 Å². The van der Waals surface area contributed by atoms with Crippen molar-refractivity contribution in [1.82, 2.24) is 9.29 Å². The van der Waals surface area contributed by atoms with E-state index in [1.807, 2.05) is 0 Å². The van der Waals surface area contributed by atoms with Gasteiger partial charge in [-0.1, -0.05) is 12.8 Å². The lowest BCUT2D eigenvalue weighted by atomic mass is 9.85. The highest BCUT2D eigenvalue weighted by Crippen LogP contribution is 2.42. The number of methoxy groups -OCH3 is 1. The van der Waals surface area contributed by atoms with Gasteiger partial charge in [-0.2, -0.15) is 4.31 Å². The molecule has 0 amide bonds. The number of aliphatic carboxylic acids is 1. The van der Waals surface area contributed by atoms with Crippen LogP contribution >= 0.6 is 0 Å². The predicted molar refractivity (Wildman–Crippen MR) is 81.6 cm³/mol. The molecule has 0 aromatic carbocycles. The number of carbonyl (C=O) groups is 1. The number of rotatable bonds is 4. The van der Waals surface area contributed by atoms with Gasteiger partial charge in [0.15, 0.2) is 0 Å². The number of sulfonamides is 1. The average molecular weight is 340 g/mol. The Bertz CT molecular complexity index is 688. The molecule has 3 unspecified atom stereocenters. The van der Waals surface area contributed by atoms with Crippen LogP contribution in [0.5, 0.6) is 5.88 Å². The van der Waals surface area contributed by atoms with E-state index in [0.717, 1.165) is 25.7 Å². The third-order valence-corrected chi connectivity index (χ3v) is 6.73. The third-order valence-electron chi connectivity index (χ3n) is 4.81. The minimum Gasteiger partial charge on any atom is -0.481 e. The molecule has 1 saturated heterocycles. The Morgan fingerprint density at radius 3 is 2.70 bits per heavy atom. The van der Waals surface area contributed by atoms with E-state index >= 15 is 0 Å². The molecule has 2 aliphatic rings. The molecular weight excluding hydrogens is 320 g/mol. The van der Waals surface area contributed by atoms with Crippen LogP contribution in [0.15, 0.2) is 23.2 Å². The molecule has 0 bridgehead atoms. The number of hydrogen-bond acceptors (Lipinski definition) is 5. The van der Waals surface area contributed by atoms with Crippen molar-refractivity contribution in [3.8, 4) is 5.88 Å². The van der Waals surface area contributed by atoms with Crippen molar-refractivity contribution in [2.45, 2.75) is 49.1 Å². The van der Waals surface area contributed by atoms with Gasteiger partial charge in [0, 0.05) is 12.1 Å². The van der Waals surface area contributed by atoms with Crippen LogP contribution in [0.1, 0.15) is 32.1 Å². The van der Waals surface area contributed by atoms with E-state index in [2.05, 4.69) is 4.98 Å². The van der Waals surface area contributed by atoms with Gasteiger partial charge < -0.3 is 9.84 Å². The summed E-state index contributed by atoms with van der Waals surface area (Å²) in [4.78, 5) is 15.5. The smallest absolute Gasteiger partial charge is 0.322 e. The molecule has 3 atom stereocenters. The minimum absolute atomic E-state index is 0.00998. The van der Waals surface area contributed by atoms with E-state index in [-0.39, 0.29) is 16.9 Å². The second kappa shape index (κ2) is 6.09. The van der Waals surface area contributed by atoms with Gasteiger partial charge in [-0.3, -0.25) is 4.79 Å². The fourth-order valence-corrected chi connectivity index (χ4v) is 5.55. The van der Waals surface area contributed by atoms with Crippen molar-refractivity contribution >= 4 is 16.0 Å². The molecule has 1 aromatic heterocycles. The largest absolute Gasteiger partial charge is 0.481 e. The van der Waals surface area contributed by atoms with Crippen molar-refractivity contribution in [3.63, 3.8) is 0 Å². The normalized spacial score (nSPS) is 28.3. The first-order valence-corrected chi connectivity index (χ1v) is 9.15. The Kier molecular flexibility index (Phi) is 4.29. The van der Waals surface area contributed by atoms with Crippen LogP contribution in [-0.4, -0.2) is 48.0 Å². The summed E-state index contributed by atoms with van der Waals surface area (Å²) in [6, 6.07) is 1.67. The van der Waals surface area contributed by atoms with Crippen LogP contribution in [0.2, 0.25) is 0 Å². The molecule has 126 valence electrons. The Hall–Kier alpha value is -1.67. The molecule has 1 N–H and O–H groups in total. The van der Waals surface area contributed by atoms with Crippen molar-refractivity contribution in [1.29, 1.82) is 0 Å². The lowest BCUT2D eigenvalue weighted by molar-refractivity contribution is -0.141.